The van der Waals surface area contributed by atoms with Gasteiger partial charge >= 0.3 is 0 Å². The van der Waals surface area contributed by atoms with Crippen molar-refractivity contribution in [3.63, 3.8) is 0 Å². The van der Waals surface area contributed by atoms with Crippen LogP contribution in [0.5, 0.6) is 5.75 Å². The van der Waals surface area contributed by atoms with Crippen LogP contribution in [0.15, 0.2) is 16.6 Å². The van der Waals surface area contributed by atoms with Crippen molar-refractivity contribution >= 4 is 33.2 Å². The molecule has 0 saturated carbocycles. The lowest BCUT2D eigenvalue weighted by molar-refractivity contribution is 0.0954. The van der Waals surface area contributed by atoms with Crippen molar-refractivity contribution in [2.45, 2.75) is 26.8 Å². The van der Waals surface area contributed by atoms with E-state index >= 15 is 0 Å². The van der Waals surface area contributed by atoms with E-state index in [4.69, 9.17) is 4.74 Å². The number of hydrogen-bond donors (Lipinski definition) is 1. The molecule has 1 aromatic heterocycles. The lowest BCUT2D eigenvalue weighted by Gasteiger charge is -2.10. The molecule has 110 valence electrons. The van der Waals surface area contributed by atoms with E-state index in [9.17, 15) is 4.79 Å². The number of fused-ring (bicyclic) bond motifs is 1. The summed E-state index contributed by atoms with van der Waals surface area (Å²) in [4.78, 5) is 17.2. The van der Waals surface area contributed by atoms with Crippen molar-refractivity contribution in [3.8, 4) is 5.75 Å². The van der Waals surface area contributed by atoms with Crippen molar-refractivity contribution in [2.24, 2.45) is 0 Å². The summed E-state index contributed by atoms with van der Waals surface area (Å²) in [6.07, 6.45) is 0.920. The van der Waals surface area contributed by atoms with Gasteiger partial charge in [0, 0.05) is 23.0 Å². The van der Waals surface area contributed by atoms with Crippen molar-refractivity contribution in [1.29, 1.82) is 0 Å². The van der Waals surface area contributed by atoms with E-state index in [1.54, 1.807) is 0 Å². The molecule has 0 atom stereocenters. The van der Waals surface area contributed by atoms with Crippen LogP contribution in [0.3, 0.4) is 0 Å². The third kappa shape index (κ3) is 2.96. The van der Waals surface area contributed by atoms with E-state index in [0.29, 0.717) is 18.0 Å². The van der Waals surface area contributed by atoms with Crippen LogP contribution >= 0.6 is 27.3 Å². The summed E-state index contributed by atoms with van der Waals surface area (Å²) in [5.74, 6) is 0.834. The van der Waals surface area contributed by atoms with Gasteiger partial charge in [0.1, 0.15) is 10.6 Å². The predicted molar refractivity (Wildman–Crippen MR) is 86.1 cm³/mol. The lowest BCUT2D eigenvalue weighted by Crippen LogP contribution is -2.22. The molecule has 0 aliphatic carbocycles. The lowest BCUT2D eigenvalue weighted by atomic mass is 10.1. The molecule has 2 heterocycles. The van der Waals surface area contributed by atoms with Gasteiger partial charge in [-0.2, -0.15) is 0 Å². The molecule has 1 aliphatic rings. The summed E-state index contributed by atoms with van der Waals surface area (Å²) in [6, 6.07) is 4.07. The van der Waals surface area contributed by atoms with Gasteiger partial charge < -0.3 is 10.1 Å². The normalized spacial score (nSPS) is 12.9. The molecule has 6 heteroatoms. The van der Waals surface area contributed by atoms with Gasteiger partial charge in [-0.1, -0.05) is 15.9 Å². The van der Waals surface area contributed by atoms with E-state index in [2.05, 4.69) is 32.3 Å². The highest BCUT2D eigenvalue weighted by Crippen LogP contribution is 2.33. The number of carbonyl (C=O) groups excluding carboxylic acids is 1. The molecule has 4 nitrogen and oxygen atoms in total. The molecule has 0 unspecified atom stereocenters. The van der Waals surface area contributed by atoms with Crippen LogP contribution < -0.4 is 10.1 Å². The summed E-state index contributed by atoms with van der Waals surface area (Å²) >= 11 is 4.93. The molecule has 2 aromatic rings. The van der Waals surface area contributed by atoms with Crippen LogP contribution in [-0.2, 0) is 13.0 Å². The average Bonchev–Trinajstić information content (AvgIpc) is 3.01. The average molecular weight is 367 g/mol. The number of thiazole rings is 1. The Bertz CT molecular complexity index is 712. The Hall–Kier alpha value is -1.40. The van der Waals surface area contributed by atoms with Gasteiger partial charge in [-0.25, -0.2) is 4.98 Å². The third-order valence-electron chi connectivity index (χ3n) is 3.37. The SMILES string of the molecule is Cc1nc(C)c(C(=O)NCc2cc(Br)cc3c2OCC3)s1. The largest absolute Gasteiger partial charge is 0.493 e. The second-order valence-electron chi connectivity index (χ2n) is 4.98. The zero-order chi connectivity index (χ0) is 15.0. The van der Waals surface area contributed by atoms with E-state index < -0.39 is 0 Å². The number of halogens is 1. The molecule has 1 amide bonds. The van der Waals surface area contributed by atoms with E-state index in [1.165, 1.54) is 16.9 Å². The maximum atomic E-state index is 12.2. The zero-order valence-electron chi connectivity index (χ0n) is 11.8. The number of nitrogens with one attached hydrogen (secondary N) is 1. The standard InChI is InChI=1S/C15H15BrN2O2S/c1-8-14(21-9(2)18-8)15(19)17-7-11-6-12(16)5-10-3-4-20-13(10)11/h5-6H,3-4,7H2,1-2H3,(H,17,19). The van der Waals surface area contributed by atoms with Crippen LogP contribution in [0.1, 0.15) is 31.5 Å². The van der Waals surface area contributed by atoms with E-state index in [0.717, 1.165) is 32.9 Å². The second-order valence-corrected chi connectivity index (χ2v) is 7.10. The molecular formula is C15H15BrN2O2S. The molecule has 1 N–H and O–H groups in total. The van der Waals surface area contributed by atoms with Crippen molar-refractivity contribution < 1.29 is 9.53 Å². The quantitative estimate of drug-likeness (QED) is 0.905. The van der Waals surface area contributed by atoms with Gasteiger partial charge in [0.15, 0.2) is 0 Å². The third-order valence-corrected chi connectivity index (χ3v) is 4.90. The number of carbonyl (C=O) groups is 1. The van der Waals surface area contributed by atoms with Crippen LogP contribution in [0.4, 0.5) is 0 Å². The minimum atomic E-state index is -0.0789. The van der Waals surface area contributed by atoms with Gasteiger partial charge in [-0.3, -0.25) is 4.79 Å². The van der Waals surface area contributed by atoms with Crippen LogP contribution in [-0.4, -0.2) is 17.5 Å². The van der Waals surface area contributed by atoms with Gasteiger partial charge in [-0.05, 0) is 31.5 Å². The molecule has 0 radical (unpaired) electrons. The van der Waals surface area contributed by atoms with Crippen LogP contribution in [0.2, 0.25) is 0 Å². The second kappa shape index (κ2) is 5.77. The highest BCUT2D eigenvalue weighted by atomic mass is 79.9. The summed E-state index contributed by atoms with van der Waals surface area (Å²) in [6.45, 7) is 4.93. The highest BCUT2D eigenvalue weighted by molar-refractivity contribution is 9.10. The fraction of sp³-hybridized carbons (Fsp3) is 0.333. The molecular weight excluding hydrogens is 352 g/mol. The first-order valence-corrected chi connectivity index (χ1v) is 8.32. The number of ether oxygens (including phenoxy) is 1. The van der Waals surface area contributed by atoms with Crippen molar-refractivity contribution in [3.05, 3.63) is 43.3 Å². The Kier molecular flexibility index (Phi) is 3.99. The summed E-state index contributed by atoms with van der Waals surface area (Å²) in [7, 11) is 0. The Morgan fingerprint density at radius 2 is 2.29 bits per heavy atom. The number of benzene rings is 1. The first kappa shape index (κ1) is 14.5. The number of amides is 1. The molecule has 1 aromatic carbocycles. The number of aryl methyl sites for hydroxylation is 2. The molecule has 0 fully saturated rings. The molecule has 1 aliphatic heterocycles. The number of hydrogen-bond acceptors (Lipinski definition) is 4. The predicted octanol–water partition coefficient (Wildman–Crippen LogP) is 3.39. The van der Waals surface area contributed by atoms with Gasteiger partial charge in [-0.15, -0.1) is 11.3 Å². The monoisotopic (exact) mass is 366 g/mol. The Morgan fingerprint density at radius 1 is 1.48 bits per heavy atom. The highest BCUT2D eigenvalue weighted by Gasteiger charge is 2.19. The van der Waals surface area contributed by atoms with Crippen molar-refractivity contribution in [2.75, 3.05) is 6.61 Å². The number of nitrogens with zero attached hydrogens (tertiary/aromatic N) is 1. The molecule has 0 saturated heterocycles. The number of rotatable bonds is 3. The van der Waals surface area contributed by atoms with Crippen LogP contribution in [0.25, 0.3) is 0 Å². The maximum Gasteiger partial charge on any atom is 0.263 e. The van der Waals surface area contributed by atoms with E-state index in [1.807, 2.05) is 19.9 Å². The van der Waals surface area contributed by atoms with Crippen molar-refractivity contribution in [1.82, 2.24) is 10.3 Å². The van der Waals surface area contributed by atoms with Gasteiger partial charge in [0.2, 0.25) is 0 Å². The molecule has 0 spiro atoms. The van der Waals surface area contributed by atoms with Crippen LogP contribution in [0, 0.1) is 13.8 Å². The molecule has 0 bridgehead atoms. The Labute approximate surface area is 135 Å². The van der Waals surface area contributed by atoms with E-state index in [-0.39, 0.29) is 5.91 Å². The molecule has 21 heavy (non-hydrogen) atoms. The van der Waals surface area contributed by atoms with Gasteiger partial charge in [0.25, 0.3) is 5.91 Å². The fourth-order valence-electron chi connectivity index (χ4n) is 2.48. The Balaban J connectivity index is 1.77. The minimum Gasteiger partial charge on any atom is -0.493 e. The summed E-state index contributed by atoms with van der Waals surface area (Å²) in [5, 5.41) is 3.86. The molecule has 3 rings (SSSR count). The summed E-state index contributed by atoms with van der Waals surface area (Å²) in [5.41, 5.74) is 2.98. The first-order valence-electron chi connectivity index (χ1n) is 6.71. The topological polar surface area (TPSA) is 51.2 Å². The van der Waals surface area contributed by atoms with Gasteiger partial charge in [0.05, 0.1) is 17.3 Å². The maximum absolute atomic E-state index is 12.2. The summed E-state index contributed by atoms with van der Waals surface area (Å²) < 4.78 is 6.68. The first-order chi connectivity index (χ1) is 10.0. The fourth-order valence-corrected chi connectivity index (χ4v) is 3.86. The smallest absolute Gasteiger partial charge is 0.263 e. The zero-order valence-corrected chi connectivity index (χ0v) is 14.2. The number of aromatic nitrogens is 1. The Morgan fingerprint density at radius 3 is 3.00 bits per heavy atom. The minimum absolute atomic E-state index is 0.0789.